The fraction of sp³-hybridized carbons (Fsp3) is 0.125. The Balaban J connectivity index is 1.58. The number of nitrogens with one attached hydrogen (secondary N) is 1. The molecular weight excluding hydrogens is 436 g/mol. The second-order valence-corrected chi connectivity index (χ2v) is 8.08. The number of thiocarbonyl (C=S) groups is 1. The first-order valence-corrected chi connectivity index (χ1v) is 10.8. The van der Waals surface area contributed by atoms with E-state index < -0.39 is 4.92 Å². The maximum Gasteiger partial charge on any atom is 0.269 e. The van der Waals surface area contributed by atoms with Crippen LogP contribution in [0.1, 0.15) is 29.0 Å². The van der Waals surface area contributed by atoms with E-state index in [0.717, 1.165) is 22.6 Å². The third-order valence-corrected chi connectivity index (χ3v) is 6.05. The van der Waals surface area contributed by atoms with Crippen LogP contribution in [0, 0.1) is 10.1 Å². The normalized spacial score (nSPS) is 17.7. The molecule has 0 amide bonds. The molecule has 1 aromatic carbocycles. The fourth-order valence-electron chi connectivity index (χ4n) is 4.19. The lowest BCUT2D eigenvalue weighted by molar-refractivity contribution is -0.384. The molecule has 0 spiro atoms. The molecule has 3 aromatic heterocycles. The molecule has 1 N–H and O–H groups in total. The van der Waals surface area contributed by atoms with E-state index >= 15 is 0 Å². The third-order valence-electron chi connectivity index (χ3n) is 5.70. The number of aromatic nitrogens is 3. The highest BCUT2D eigenvalue weighted by molar-refractivity contribution is 7.80. The Kier molecular flexibility index (Phi) is 5.54. The lowest BCUT2D eigenvalue weighted by Gasteiger charge is -2.29. The van der Waals surface area contributed by atoms with Crippen LogP contribution in [0.5, 0.6) is 0 Å². The van der Waals surface area contributed by atoms with Crippen molar-refractivity contribution in [3.8, 4) is 5.69 Å². The van der Waals surface area contributed by atoms with Gasteiger partial charge in [0.1, 0.15) is 0 Å². The summed E-state index contributed by atoms with van der Waals surface area (Å²) in [4.78, 5) is 21.7. The first kappa shape index (κ1) is 20.8. The Labute approximate surface area is 195 Å². The van der Waals surface area contributed by atoms with Gasteiger partial charge in [-0.1, -0.05) is 12.1 Å². The fourth-order valence-corrected chi connectivity index (χ4v) is 4.50. The summed E-state index contributed by atoms with van der Waals surface area (Å²) in [5.41, 5.74) is 3.81. The molecule has 9 heteroatoms. The van der Waals surface area contributed by atoms with Crippen LogP contribution < -0.4 is 5.32 Å². The quantitative estimate of drug-likeness (QED) is 0.262. The van der Waals surface area contributed by atoms with Gasteiger partial charge in [-0.05, 0) is 60.2 Å². The van der Waals surface area contributed by atoms with Gasteiger partial charge in [0.15, 0.2) is 5.11 Å². The number of nitrogens with zero attached hydrogens (tertiary/aromatic N) is 5. The molecule has 0 radical (unpaired) electrons. The van der Waals surface area contributed by atoms with Gasteiger partial charge < -0.3 is 14.8 Å². The maximum atomic E-state index is 11.1. The van der Waals surface area contributed by atoms with Crippen molar-refractivity contribution in [3.63, 3.8) is 0 Å². The highest BCUT2D eigenvalue weighted by Crippen LogP contribution is 2.40. The van der Waals surface area contributed by atoms with E-state index in [1.807, 2.05) is 59.4 Å². The summed E-state index contributed by atoms with van der Waals surface area (Å²) >= 11 is 5.76. The van der Waals surface area contributed by atoms with Gasteiger partial charge in [0.25, 0.3) is 5.69 Å². The van der Waals surface area contributed by atoms with Crippen LogP contribution in [0.15, 0.2) is 91.5 Å². The third kappa shape index (κ3) is 4.06. The summed E-state index contributed by atoms with van der Waals surface area (Å²) in [5, 5.41) is 15.2. The number of nitro groups is 1. The van der Waals surface area contributed by atoms with Gasteiger partial charge in [0, 0.05) is 54.8 Å². The predicted molar refractivity (Wildman–Crippen MR) is 128 cm³/mol. The van der Waals surface area contributed by atoms with Crippen molar-refractivity contribution in [2.75, 3.05) is 0 Å². The standard InChI is InChI=1S/C24H20N6O2S/c31-30(32)19-10-8-18(9-11-19)28-14-4-7-21(28)23-22(20-6-1-2-13-26-20)27-24(33)29(23)16-17-5-3-12-25-15-17/h1-15,22-23H,16H2,(H,27,33)/t22-,23-/m0/s1. The molecule has 164 valence electrons. The van der Waals surface area contributed by atoms with E-state index in [0.29, 0.717) is 11.7 Å². The van der Waals surface area contributed by atoms with Crippen LogP contribution in [-0.4, -0.2) is 29.5 Å². The zero-order chi connectivity index (χ0) is 22.8. The van der Waals surface area contributed by atoms with Crippen molar-refractivity contribution in [1.29, 1.82) is 0 Å². The van der Waals surface area contributed by atoms with E-state index in [1.54, 1.807) is 24.5 Å². The Morgan fingerprint density at radius 1 is 1.03 bits per heavy atom. The summed E-state index contributed by atoms with van der Waals surface area (Å²) in [6.45, 7) is 0.582. The summed E-state index contributed by atoms with van der Waals surface area (Å²) in [6, 6.07) is 20.0. The van der Waals surface area contributed by atoms with Gasteiger partial charge in [-0.15, -0.1) is 0 Å². The molecule has 8 nitrogen and oxygen atoms in total. The van der Waals surface area contributed by atoms with Crippen LogP contribution in [0.4, 0.5) is 5.69 Å². The second kappa shape index (κ2) is 8.79. The van der Waals surface area contributed by atoms with Crippen LogP contribution in [0.25, 0.3) is 5.69 Å². The zero-order valence-corrected chi connectivity index (χ0v) is 18.3. The van der Waals surface area contributed by atoms with Gasteiger partial charge >= 0.3 is 0 Å². The van der Waals surface area contributed by atoms with Crippen LogP contribution in [-0.2, 0) is 6.54 Å². The van der Waals surface area contributed by atoms with E-state index in [4.69, 9.17) is 12.2 Å². The van der Waals surface area contributed by atoms with Crippen molar-refractivity contribution >= 4 is 23.0 Å². The molecule has 0 bridgehead atoms. The first-order chi connectivity index (χ1) is 16.1. The first-order valence-electron chi connectivity index (χ1n) is 10.4. The molecule has 1 saturated heterocycles. The second-order valence-electron chi connectivity index (χ2n) is 7.69. The number of pyridine rings is 2. The highest BCUT2D eigenvalue weighted by atomic mass is 32.1. The van der Waals surface area contributed by atoms with Gasteiger partial charge in [-0.3, -0.25) is 20.1 Å². The monoisotopic (exact) mass is 456 g/mol. The number of hydrogen-bond acceptors (Lipinski definition) is 5. The predicted octanol–water partition coefficient (Wildman–Crippen LogP) is 4.35. The number of non-ortho nitro benzene ring substituents is 1. The van der Waals surface area contributed by atoms with Gasteiger partial charge in [-0.2, -0.15) is 0 Å². The summed E-state index contributed by atoms with van der Waals surface area (Å²) in [5.74, 6) is 0. The van der Waals surface area contributed by atoms with Gasteiger partial charge in [0.05, 0.1) is 22.7 Å². The lowest BCUT2D eigenvalue weighted by Crippen LogP contribution is -2.30. The number of rotatable bonds is 6. The number of nitro benzene ring substituents is 1. The van der Waals surface area contributed by atoms with Crippen molar-refractivity contribution in [3.05, 3.63) is 119 Å². The van der Waals surface area contributed by atoms with Crippen LogP contribution >= 0.6 is 12.2 Å². The number of benzene rings is 1. The SMILES string of the molecule is O=[N+]([O-])c1ccc(-n2cccc2[C@H]2[C@H](c3ccccn3)NC(=S)N2Cc2cccnc2)cc1. The highest BCUT2D eigenvalue weighted by Gasteiger charge is 2.41. The Hall–Kier alpha value is -4.11. The largest absolute Gasteiger partial charge is 0.352 e. The van der Waals surface area contributed by atoms with E-state index in [9.17, 15) is 10.1 Å². The number of hydrogen-bond donors (Lipinski definition) is 1. The lowest BCUT2D eigenvalue weighted by atomic mass is 10.0. The summed E-state index contributed by atoms with van der Waals surface area (Å²) in [6.07, 6.45) is 7.31. The van der Waals surface area contributed by atoms with E-state index in [1.165, 1.54) is 12.1 Å². The minimum atomic E-state index is -0.396. The summed E-state index contributed by atoms with van der Waals surface area (Å²) < 4.78 is 2.04. The van der Waals surface area contributed by atoms with E-state index in [-0.39, 0.29) is 17.8 Å². The van der Waals surface area contributed by atoms with Crippen molar-refractivity contribution in [1.82, 2.24) is 24.8 Å². The molecule has 1 aliphatic rings. The molecular formula is C24H20N6O2S. The molecule has 33 heavy (non-hydrogen) atoms. The smallest absolute Gasteiger partial charge is 0.269 e. The zero-order valence-electron chi connectivity index (χ0n) is 17.5. The molecule has 5 rings (SSSR count). The average Bonchev–Trinajstić information content (AvgIpc) is 3.45. The van der Waals surface area contributed by atoms with Gasteiger partial charge in [0.2, 0.25) is 0 Å². The molecule has 0 saturated carbocycles. The molecule has 0 unspecified atom stereocenters. The van der Waals surface area contributed by atoms with Crippen molar-refractivity contribution < 1.29 is 4.92 Å². The van der Waals surface area contributed by atoms with E-state index in [2.05, 4.69) is 20.2 Å². The Morgan fingerprint density at radius 2 is 1.88 bits per heavy atom. The van der Waals surface area contributed by atoms with Crippen LogP contribution in [0.3, 0.4) is 0 Å². The molecule has 1 fully saturated rings. The van der Waals surface area contributed by atoms with Gasteiger partial charge in [-0.25, -0.2) is 0 Å². The minimum Gasteiger partial charge on any atom is -0.352 e. The molecule has 2 atom stereocenters. The van der Waals surface area contributed by atoms with Crippen molar-refractivity contribution in [2.45, 2.75) is 18.6 Å². The minimum absolute atomic E-state index is 0.0562. The maximum absolute atomic E-state index is 11.1. The average molecular weight is 457 g/mol. The molecule has 0 aliphatic carbocycles. The molecule has 4 aromatic rings. The van der Waals surface area contributed by atoms with Crippen LogP contribution in [0.2, 0.25) is 0 Å². The topological polar surface area (TPSA) is 89.1 Å². The van der Waals surface area contributed by atoms with Crippen molar-refractivity contribution in [2.24, 2.45) is 0 Å². The molecule has 4 heterocycles. The molecule has 1 aliphatic heterocycles. The Bertz CT molecular complexity index is 1280. The Morgan fingerprint density at radius 3 is 2.58 bits per heavy atom. The summed E-state index contributed by atoms with van der Waals surface area (Å²) in [7, 11) is 0.